The first-order valence-electron chi connectivity index (χ1n) is 6.76. The van der Waals surface area contributed by atoms with Crippen molar-refractivity contribution >= 4 is 5.82 Å². The van der Waals surface area contributed by atoms with E-state index >= 15 is 0 Å². The number of nitrogens with one attached hydrogen (secondary N) is 1. The van der Waals surface area contributed by atoms with E-state index < -0.39 is 0 Å². The SMILES string of the molecule is COCCNCC1CCCN(c2ccccn2)C1. The van der Waals surface area contributed by atoms with E-state index in [4.69, 9.17) is 4.74 Å². The molecule has 1 aliphatic heterocycles. The van der Waals surface area contributed by atoms with Gasteiger partial charge in [-0.3, -0.25) is 0 Å². The summed E-state index contributed by atoms with van der Waals surface area (Å²) >= 11 is 0. The number of hydrogen-bond donors (Lipinski definition) is 1. The van der Waals surface area contributed by atoms with Gasteiger partial charge in [0.15, 0.2) is 0 Å². The highest BCUT2D eigenvalue weighted by molar-refractivity contribution is 5.38. The third-order valence-corrected chi connectivity index (χ3v) is 3.41. The van der Waals surface area contributed by atoms with Crippen molar-refractivity contribution in [2.75, 3.05) is 44.8 Å². The Balaban J connectivity index is 1.78. The minimum absolute atomic E-state index is 0.720. The van der Waals surface area contributed by atoms with Gasteiger partial charge in [0.05, 0.1) is 6.61 Å². The maximum absolute atomic E-state index is 5.04. The van der Waals surface area contributed by atoms with Gasteiger partial charge in [0, 0.05) is 32.9 Å². The third-order valence-electron chi connectivity index (χ3n) is 3.41. The van der Waals surface area contributed by atoms with Crippen molar-refractivity contribution in [1.82, 2.24) is 10.3 Å². The summed E-state index contributed by atoms with van der Waals surface area (Å²) in [4.78, 5) is 6.83. The van der Waals surface area contributed by atoms with E-state index in [1.165, 1.54) is 12.8 Å². The molecule has 1 aromatic heterocycles. The molecule has 1 aliphatic rings. The summed E-state index contributed by atoms with van der Waals surface area (Å²) in [5.74, 6) is 1.83. The number of pyridine rings is 1. The molecule has 100 valence electrons. The molecule has 1 atom stereocenters. The lowest BCUT2D eigenvalue weighted by Crippen LogP contribution is -2.40. The van der Waals surface area contributed by atoms with Gasteiger partial charge in [0.2, 0.25) is 0 Å². The summed E-state index contributed by atoms with van der Waals surface area (Å²) in [6.07, 6.45) is 4.44. The summed E-state index contributed by atoms with van der Waals surface area (Å²) < 4.78 is 5.04. The molecule has 0 spiro atoms. The zero-order chi connectivity index (χ0) is 12.6. The molecule has 1 fully saturated rings. The van der Waals surface area contributed by atoms with Crippen LogP contribution in [0.4, 0.5) is 5.82 Å². The second-order valence-electron chi connectivity index (χ2n) is 4.84. The van der Waals surface area contributed by atoms with Gasteiger partial charge < -0.3 is 15.0 Å². The van der Waals surface area contributed by atoms with Crippen LogP contribution in [0.2, 0.25) is 0 Å². The van der Waals surface area contributed by atoms with Gasteiger partial charge in [-0.1, -0.05) is 6.07 Å². The van der Waals surface area contributed by atoms with Crippen molar-refractivity contribution in [2.45, 2.75) is 12.8 Å². The molecular formula is C14H23N3O. The lowest BCUT2D eigenvalue weighted by molar-refractivity contribution is 0.197. The van der Waals surface area contributed by atoms with E-state index in [-0.39, 0.29) is 0 Å². The highest BCUT2D eigenvalue weighted by Gasteiger charge is 2.20. The van der Waals surface area contributed by atoms with Crippen molar-refractivity contribution in [3.05, 3.63) is 24.4 Å². The zero-order valence-corrected chi connectivity index (χ0v) is 11.1. The fraction of sp³-hybridized carbons (Fsp3) is 0.643. The minimum Gasteiger partial charge on any atom is -0.383 e. The second kappa shape index (κ2) is 7.34. The first kappa shape index (κ1) is 13.3. The number of hydrogen-bond acceptors (Lipinski definition) is 4. The fourth-order valence-electron chi connectivity index (χ4n) is 2.46. The maximum Gasteiger partial charge on any atom is 0.128 e. The molecule has 2 rings (SSSR count). The lowest BCUT2D eigenvalue weighted by Gasteiger charge is -2.33. The molecule has 0 aromatic carbocycles. The van der Waals surface area contributed by atoms with E-state index in [0.717, 1.165) is 44.5 Å². The van der Waals surface area contributed by atoms with Gasteiger partial charge >= 0.3 is 0 Å². The Morgan fingerprint density at radius 3 is 3.22 bits per heavy atom. The molecule has 1 unspecified atom stereocenters. The van der Waals surface area contributed by atoms with Crippen LogP contribution in [0.25, 0.3) is 0 Å². The Kier molecular flexibility index (Phi) is 5.42. The normalized spacial score (nSPS) is 20.1. The number of rotatable bonds is 6. The van der Waals surface area contributed by atoms with Crippen LogP contribution in [0.15, 0.2) is 24.4 Å². The number of methoxy groups -OCH3 is 1. The van der Waals surface area contributed by atoms with Crippen LogP contribution < -0.4 is 10.2 Å². The second-order valence-corrected chi connectivity index (χ2v) is 4.84. The van der Waals surface area contributed by atoms with E-state index in [1.807, 2.05) is 12.3 Å². The Morgan fingerprint density at radius 2 is 2.44 bits per heavy atom. The molecule has 18 heavy (non-hydrogen) atoms. The first-order valence-corrected chi connectivity index (χ1v) is 6.76. The number of ether oxygens (including phenoxy) is 1. The molecule has 1 saturated heterocycles. The Labute approximate surface area is 109 Å². The average molecular weight is 249 g/mol. The number of aromatic nitrogens is 1. The largest absolute Gasteiger partial charge is 0.383 e. The molecule has 0 radical (unpaired) electrons. The predicted molar refractivity (Wildman–Crippen MR) is 73.9 cm³/mol. The van der Waals surface area contributed by atoms with Crippen LogP contribution in [0, 0.1) is 5.92 Å². The number of nitrogens with zero attached hydrogens (tertiary/aromatic N) is 2. The Bertz CT molecular complexity index is 331. The third kappa shape index (κ3) is 3.96. The molecule has 1 aromatic rings. The summed E-state index contributed by atoms with van der Waals surface area (Å²) in [5, 5.41) is 3.46. The maximum atomic E-state index is 5.04. The van der Waals surface area contributed by atoms with Crippen LogP contribution in [-0.2, 0) is 4.74 Å². The molecule has 4 nitrogen and oxygen atoms in total. The molecule has 4 heteroatoms. The van der Waals surface area contributed by atoms with E-state index in [2.05, 4.69) is 27.3 Å². The van der Waals surface area contributed by atoms with E-state index in [1.54, 1.807) is 7.11 Å². The topological polar surface area (TPSA) is 37.4 Å². The predicted octanol–water partition coefficient (Wildman–Crippen LogP) is 1.53. The molecular weight excluding hydrogens is 226 g/mol. The summed E-state index contributed by atoms with van der Waals surface area (Å²) in [7, 11) is 1.74. The van der Waals surface area contributed by atoms with Crippen molar-refractivity contribution < 1.29 is 4.74 Å². The highest BCUT2D eigenvalue weighted by atomic mass is 16.5. The van der Waals surface area contributed by atoms with Gasteiger partial charge in [-0.15, -0.1) is 0 Å². The smallest absolute Gasteiger partial charge is 0.128 e. The number of anilines is 1. The lowest BCUT2D eigenvalue weighted by atomic mass is 9.98. The van der Waals surface area contributed by atoms with Gasteiger partial charge in [0.25, 0.3) is 0 Å². The first-order chi connectivity index (χ1) is 8.90. The monoisotopic (exact) mass is 249 g/mol. The zero-order valence-electron chi connectivity index (χ0n) is 11.1. The van der Waals surface area contributed by atoms with Crippen molar-refractivity contribution in [3.63, 3.8) is 0 Å². The van der Waals surface area contributed by atoms with Crippen LogP contribution in [0.3, 0.4) is 0 Å². The van der Waals surface area contributed by atoms with Crippen LogP contribution in [0.1, 0.15) is 12.8 Å². The highest BCUT2D eigenvalue weighted by Crippen LogP contribution is 2.20. The molecule has 0 aliphatic carbocycles. The fourth-order valence-corrected chi connectivity index (χ4v) is 2.46. The number of piperidine rings is 1. The molecule has 0 amide bonds. The van der Waals surface area contributed by atoms with Gasteiger partial charge in [-0.25, -0.2) is 4.98 Å². The van der Waals surface area contributed by atoms with E-state index in [0.29, 0.717) is 0 Å². The van der Waals surface area contributed by atoms with E-state index in [9.17, 15) is 0 Å². The molecule has 1 N–H and O–H groups in total. The van der Waals surface area contributed by atoms with Crippen molar-refractivity contribution in [3.8, 4) is 0 Å². The van der Waals surface area contributed by atoms with Gasteiger partial charge in [-0.2, -0.15) is 0 Å². The standard InChI is InChI=1S/C14H23N3O/c1-18-10-8-15-11-13-5-4-9-17(12-13)14-6-2-3-7-16-14/h2-3,6-7,13,15H,4-5,8-12H2,1H3. The van der Waals surface area contributed by atoms with Crippen LogP contribution >= 0.6 is 0 Å². The summed E-state index contributed by atoms with van der Waals surface area (Å²) in [6, 6.07) is 6.13. The summed E-state index contributed by atoms with van der Waals surface area (Å²) in [6.45, 7) is 5.04. The van der Waals surface area contributed by atoms with Crippen LogP contribution in [0.5, 0.6) is 0 Å². The molecule has 0 saturated carbocycles. The summed E-state index contributed by atoms with van der Waals surface area (Å²) in [5.41, 5.74) is 0. The van der Waals surface area contributed by atoms with Crippen LogP contribution in [-0.4, -0.2) is 44.9 Å². The minimum atomic E-state index is 0.720. The molecule has 2 heterocycles. The van der Waals surface area contributed by atoms with Crippen molar-refractivity contribution in [1.29, 1.82) is 0 Å². The average Bonchev–Trinajstić information content (AvgIpc) is 2.45. The Hall–Kier alpha value is -1.13. The van der Waals surface area contributed by atoms with Gasteiger partial charge in [-0.05, 0) is 37.4 Å². The quantitative estimate of drug-likeness (QED) is 0.776. The van der Waals surface area contributed by atoms with Crippen molar-refractivity contribution in [2.24, 2.45) is 5.92 Å². The molecule has 0 bridgehead atoms. The Morgan fingerprint density at radius 1 is 1.50 bits per heavy atom. The van der Waals surface area contributed by atoms with Gasteiger partial charge in [0.1, 0.15) is 5.82 Å².